The van der Waals surface area contributed by atoms with E-state index in [4.69, 9.17) is 4.74 Å². The summed E-state index contributed by atoms with van der Waals surface area (Å²) in [5.74, 6) is 1.99. The molecule has 0 fully saturated rings. The number of hydrogen-bond donors (Lipinski definition) is 2. The zero-order valence-corrected chi connectivity index (χ0v) is 19.1. The highest BCUT2D eigenvalue weighted by Gasteiger charge is 2.12. The number of guanidine groups is 1. The van der Waals surface area contributed by atoms with Crippen LogP contribution in [0.1, 0.15) is 11.3 Å². The molecule has 1 aromatic carbocycles. The van der Waals surface area contributed by atoms with E-state index < -0.39 is 6.61 Å². The zero-order chi connectivity index (χ0) is 20.5. The van der Waals surface area contributed by atoms with Crippen molar-refractivity contribution in [1.82, 2.24) is 15.6 Å². The molecule has 0 atom stereocenters. The number of benzene rings is 1. The van der Waals surface area contributed by atoms with Gasteiger partial charge in [-0.15, -0.1) is 24.0 Å². The number of methoxy groups -OCH3 is 1. The van der Waals surface area contributed by atoms with E-state index >= 15 is 0 Å². The molecular formula is C19H26F2IN5O2. The van der Waals surface area contributed by atoms with E-state index in [1.165, 1.54) is 13.2 Å². The number of aliphatic imine (C=N–C) groups is 1. The maximum absolute atomic E-state index is 12.6. The number of pyridine rings is 1. The molecule has 0 bridgehead atoms. The van der Waals surface area contributed by atoms with E-state index in [-0.39, 0.29) is 36.3 Å². The first-order chi connectivity index (χ1) is 13.4. The van der Waals surface area contributed by atoms with E-state index in [0.29, 0.717) is 23.8 Å². The van der Waals surface area contributed by atoms with Crippen molar-refractivity contribution in [1.29, 1.82) is 0 Å². The van der Waals surface area contributed by atoms with Crippen LogP contribution >= 0.6 is 24.0 Å². The van der Waals surface area contributed by atoms with Crippen LogP contribution in [0.15, 0.2) is 41.4 Å². The molecule has 2 aromatic rings. The molecule has 0 saturated carbocycles. The molecule has 0 amide bonds. The van der Waals surface area contributed by atoms with E-state index in [9.17, 15) is 8.78 Å². The fraction of sp³-hybridized carbons (Fsp3) is 0.368. The van der Waals surface area contributed by atoms with Gasteiger partial charge in [-0.3, -0.25) is 4.99 Å². The van der Waals surface area contributed by atoms with Gasteiger partial charge in [0.05, 0.1) is 19.3 Å². The number of ether oxygens (including phenoxy) is 2. The van der Waals surface area contributed by atoms with Crippen LogP contribution in [0.5, 0.6) is 11.5 Å². The van der Waals surface area contributed by atoms with Gasteiger partial charge in [-0.05, 0) is 30.3 Å². The smallest absolute Gasteiger partial charge is 0.387 e. The summed E-state index contributed by atoms with van der Waals surface area (Å²) >= 11 is 0. The van der Waals surface area contributed by atoms with Gasteiger partial charge >= 0.3 is 6.61 Å². The first-order valence-electron chi connectivity index (χ1n) is 8.62. The SMILES string of the molecule is CN=C(NCc1cccc(N(C)C)n1)NCc1cc(OC)ccc1OC(F)F.I. The summed E-state index contributed by atoms with van der Waals surface area (Å²) in [4.78, 5) is 10.6. The molecular weight excluding hydrogens is 495 g/mol. The minimum atomic E-state index is -2.90. The van der Waals surface area contributed by atoms with Crippen molar-refractivity contribution in [2.24, 2.45) is 4.99 Å². The maximum Gasteiger partial charge on any atom is 0.387 e. The second-order valence-electron chi connectivity index (χ2n) is 6.01. The first kappa shape index (κ1) is 24.7. The third kappa shape index (κ3) is 7.87. The summed E-state index contributed by atoms with van der Waals surface area (Å²) in [5.41, 5.74) is 1.37. The van der Waals surface area contributed by atoms with Crippen LogP contribution in [0.25, 0.3) is 0 Å². The van der Waals surface area contributed by atoms with Crippen LogP contribution in [0.3, 0.4) is 0 Å². The Morgan fingerprint density at radius 1 is 1.17 bits per heavy atom. The average molecular weight is 521 g/mol. The molecule has 0 aliphatic rings. The molecule has 2 N–H and O–H groups in total. The van der Waals surface area contributed by atoms with E-state index in [0.717, 1.165) is 11.5 Å². The summed E-state index contributed by atoms with van der Waals surface area (Å²) in [5, 5.41) is 6.23. The molecule has 10 heteroatoms. The van der Waals surface area contributed by atoms with Gasteiger partial charge in [-0.1, -0.05) is 6.07 Å². The summed E-state index contributed by atoms with van der Waals surface area (Å²) in [6, 6.07) is 10.4. The Morgan fingerprint density at radius 3 is 2.52 bits per heavy atom. The largest absolute Gasteiger partial charge is 0.497 e. The first-order valence-corrected chi connectivity index (χ1v) is 8.62. The molecule has 0 spiro atoms. The lowest BCUT2D eigenvalue weighted by Crippen LogP contribution is -2.36. The van der Waals surface area contributed by atoms with Crippen molar-refractivity contribution in [2.75, 3.05) is 33.2 Å². The van der Waals surface area contributed by atoms with Crippen LogP contribution in [0.4, 0.5) is 14.6 Å². The van der Waals surface area contributed by atoms with Gasteiger partial charge in [0, 0.05) is 33.3 Å². The number of anilines is 1. The Kier molecular flexibility index (Phi) is 10.4. The number of halogens is 3. The molecule has 0 saturated heterocycles. The Hall–Kier alpha value is -2.37. The Balaban J connectivity index is 0.00000420. The van der Waals surface area contributed by atoms with Gasteiger partial charge in [0.15, 0.2) is 5.96 Å². The third-order valence-electron chi connectivity index (χ3n) is 3.84. The summed E-state index contributed by atoms with van der Waals surface area (Å²) < 4.78 is 35.0. The van der Waals surface area contributed by atoms with Crippen molar-refractivity contribution in [3.63, 3.8) is 0 Å². The second-order valence-corrected chi connectivity index (χ2v) is 6.01. The summed E-state index contributed by atoms with van der Waals surface area (Å²) in [7, 11) is 6.98. The molecule has 160 valence electrons. The molecule has 7 nitrogen and oxygen atoms in total. The Labute approximate surface area is 186 Å². The molecule has 0 unspecified atom stereocenters. The average Bonchev–Trinajstić information content (AvgIpc) is 2.68. The Bertz CT molecular complexity index is 806. The zero-order valence-electron chi connectivity index (χ0n) is 16.8. The fourth-order valence-corrected chi connectivity index (χ4v) is 2.42. The van der Waals surface area contributed by atoms with Gasteiger partial charge in [0.1, 0.15) is 17.3 Å². The van der Waals surface area contributed by atoms with Crippen molar-refractivity contribution < 1.29 is 18.3 Å². The highest BCUT2D eigenvalue weighted by molar-refractivity contribution is 14.0. The van der Waals surface area contributed by atoms with Gasteiger partial charge < -0.3 is 25.0 Å². The normalized spacial score (nSPS) is 10.9. The molecule has 0 radical (unpaired) electrons. The fourth-order valence-electron chi connectivity index (χ4n) is 2.42. The quantitative estimate of drug-likeness (QED) is 0.316. The molecule has 29 heavy (non-hydrogen) atoms. The second kappa shape index (κ2) is 12.2. The van der Waals surface area contributed by atoms with Gasteiger partial charge in [0.25, 0.3) is 0 Å². The third-order valence-corrected chi connectivity index (χ3v) is 3.84. The summed E-state index contributed by atoms with van der Waals surface area (Å²) in [6.07, 6.45) is 0. The van der Waals surface area contributed by atoms with Crippen molar-refractivity contribution in [3.8, 4) is 11.5 Å². The molecule has 1 heterocycles. The monoisotopic (exact) mass is 521 g/mol. The number of alkyl halides is 2. The maximum atomic E-state index is 12.6. The van der Waals surface area contributed by atoms with Gasteiger partial charge in [0.2, 0.25) is 0 Å². The number of hydrogen-bond acceptors (Lipinski definition) is 5. The van der Waals surface area contributed by atoms with Crippen LogP contribution < -0.4 is 25.0 Å². The van der Waals surface area contributed by atoms with Crippen LogP contribution in [-0.4, -0.2) is 45.8 Å². The van der Waals surface area contributed by atoms with Crippen molar-refractivity contribution in [3.05, 3.63) is 47.7 Å². The number of aromatic nitrogens is 1. The minimum absolute atomic E-state index is 0. The van der Waals surface area contributed by atoms with E-state index in [1.54, 1.807) is 19.2 Å². The minimum Gasteiger partial charge on any atom is -0.497 e. The van der Waals surface area contributed by atoms with Crippen molar-refractivity contribution >= 4 is 35.8 Å². The molecule has 2 rings (SSSR count). The highest BCUT2D eigenvalue weighted by Crippen LogP contribution is 2.25. The topological polar surface area (TPSA) is 71.0 Å². The predicted octanol–water partition coefficient (Wildman–Crippen LogP) is 3.24. The lowest BCUT2D eigenvalue weighted by Gasteiger charge is -2.16. The standard InChI is InChI=1S/C19H25F2N5O2.HI/c1-22-19(24-12-14-6-5-7-17(25-14)26(2)3)23-11-13-10-15(27-4)8-9-16(13)28-18(20)21;/h5-10,18H,11-12H2,1-4H3,(H2,22,23,24);1H. The predicted molar refractivity (Wildman–Crippen MR) is 121 cm³/mol. The van der Waals surface area contributed by atoms with Crippen LogP contribution in [-0.2, 0) is 13.1 Å². The number of rotatable bonds is 8. The van der Waals surface area contributed by atoms with Crippen molar-refractivity contribution in [2.45, 2.75) is 19.7 Å². The molecule has 1 aromatic heterocycles. The van der Waals surface area contributed by atoms with Gasteiger partial charge in [-0.2, -0.15) is 8.78 Å². The lowest BCUT2D eigenvalue weighted by molar-refractivity contribution is -0.0504. The van der Waals surface area contributed by atoms with Gasteiger partial charge in [-0.25, -0.2) is 4.98 Å². The number of nitrogens with one attached hydrogen (secondary N) is 2. The molecule has 0 aliphatic heterocycles. The number of nitrogens with zero attached hydrogens (tertiary/aromatic N) is 3. The Morgan fingerprint density at radius 2 is 1.90 bits per heavy atom. The van der Waals surface area contributed by atoms with Crippen LogP contribution in [0, 0.1) is 0 Å². The lowest BCUT2D eigenvalue weighted by atomic mass is 10.2. The van der Waals surface area contributed by atoms with Crippen LogP contribution in [0.2, 0.25) is 0 Å². The van der Waals surface area contributed by atoms with E-state index in [2.05, 4.69) is 25.3 Å². The molecule has 0 aliphatic carbocycles. The van der Waals surface area contributed by atoms with E-state index in [1.807, 2.05) is 37.2 Å². The highest BCUT2D eigenvalue weighted by atomic mass is 127. The summed E-state index contributed by atoms with van der Waals surface area (Å²) in [6.45, 7) is -2.22.